The maximum atomic E-state index is 11.9. The van der Waals surface area contributed by atoms with Gasteiger partial charge in [-0.2, -0.15) is 0 Å². The molecule has 0 radical (unpaired) electrons. The number of nitrogens with zero attached hydrogens (tertiary/aromatic N) is 1. The Morgan fingerprint density at radius 1 is 1.47 bits per heavy atom. The molecule has 5 heteroatoms. The van der Waals surface area contributed by atoms with Crippen LogP contribution >= 0.6 is 11.3 Å². The molecule has 0 spiro atoms. The quantitative estimate of drug-likeness (QED) is 0.841. The van der Waals surface area contributed by atoms with Crippen molar-refractivity contribution in [2.24, 2.45) is 0 Å². The van der Waals surface area contributed by atoms with E-state index < -0.39 is 0 Å². The minimum atomic E-state index is -0.115. The molecule has 1 aliphatic rings. The molecular formula is C14H15N3OS. The van der Waals surface area contributed by atoms with Crippen molar-refractivity contribution in [3.8, 4) is 0 Å². The van der Waals surface area contributed by atoms with Crippen LogP contribution in [0.15, 0.2) is 29.6 Å². The number of amides is 1. The zero-order valence-corrected chi connectivity index (χ0v) is 11.2. The van der Waals surface area contributed by atoms with E-state index in [1.165, 1.54) is 18.5 Å². The van der Waals surface area contributed by atoms with Crippen LogP contribution in [-0.2, 0) is 6.54 Å². The second kappa shape index (κ2) is 5.01. The van der Waals surface area contributed by atoms with Crippen LogP contribution in [0.3, 0.4) is 0 Å². The molecule has 1 aliphatic carbocycles. The zero-order valence-electron chi connectivity index (χ0n) is 10.4. The number of thiazole rings is 1. The van der Waals surface area contributed by atoms with E-state index in [2.05, 4.69) is 15.7 Å². The van der Waals surface area contributed by atoms with Crippen LogP contribution in [0, 0.1) is 0 Å². The Kier molecular flexibility index (Phi) is 3.21. The summed E-state index contributed by atoms with van der Waals surface area (Å²) < 4.78 is 0. The Bertz CT molecular complexity index is 604. The van der Waals surface area contributed by atoms with Crippen molar-refractivity contribution in [1.82, 2.24) is 10.3 Å². The van der Waals surface area contributed by atoms with Gasteiger partial charge >= 0.3 is 0 Å². The average molecular weight is 273 g/mol. The monoisotopic (exact) mass is 273 g/mol. The highest BCUT2D eigenvalue weighted by Gasteiger charge is 2.25. The van der Waals surface area contributed by atoms with Crippen molar-refractivity contribution in [1.29, 1.82) is 0 Å². The number of rotatable bonds is 4. The number of carbonyl (C=O) groups excluding carboxylic acids is 1. The average Bonchev–Trinajstić information content (AvgIpc) is 3.15. The Morgan fingerprint density at radius 3 is 3.05 bits per heavy atom. The SMILES string of the molecule is Nc1cccc(C(=O)NCc2nc(C3CC3)cs2)c1. The highest BCUT2D eigenvalue weighted by Crippen LogP contribution is 2.40. The first-order valence-electron chi connectivity index (χ1n) is 6.30. The normalized spacial score (nSPS) is 14.3. The lowest BCUT2D eigenvalue weighted by Crippen LogP contribution is -2.22. The van der Waals surface area contributed by atoms with Gasteiger partial charge in [-0.3, -0.25) is 4.79 Å². The summed E-state index contributed by atoms with van der Waals surface area (Å²) in [5.41, 5.74) is 8.01. The van der Waals surface area contributed by atoms with Gasteiger partial charge < -0.3 is 11.1 Å². The van der Waals surface area contributed by atoms with Crippen molar-refractivity contribution in [2.45, 2.75) is 25.3 Å². The van der Waals surface area contributed by atoms with Crippen molar-refractivity contribution in [3.05, 3.63) is 45.9 Å². The summed E-state index contributed by atoms with van der Waals surface area (Å²) in [6.45, 7) is 0.477. The molecule has 98 valence electrons. The van der Waals surface area contributed by atoms with Gasteiger partial charge in [-0.1, -0.05) is 6.07 Å². The molecule has 1 fully saturated rings. The van der Waals surface area contributed by atoms with Gasteiger partial charge in [0, 0.05) is 22.5 Å². The minimum absolute atomic E-state index is 0.115. The Labute approximate surface area is 115 Å². The van der Waals surface area contributed by atoms with Gasteiger partial charge in [0.1, 0.15) is 5.01 Å². The molecule has 0 atom stereocenters. The molecule has 0 aliphatic heterocycles. The summed E-state index contributed by atoms with van der Waals surface area (Å²) in [6, 6.07) is 6.97. The summed E-state index contributed by atoms with van der Waals surface area (Å²) in [5.74, 6) is 0.546. The number of benzene rings is 1. The Hall–Kier alpha value is -1.88. The highest BCUT2D eigenvalue weighted by atomic mass is 32.1. The molecule has 4 nitrogen and oxygen atoms in total. The lowest BCUT2D eigenvalue weighted by Gasteiger charge is -2.03. The van der Waals surface area contributed by atoms with Gasteiger partial charge in [0.25, 0.3) is 5.91 Å². The maximum absolute atomic E-state index is 11.9. The van der Waals surface area contributed by atoms with Crippen LogP contribution in [-0.4, -0.2) is 10.9 Å². The fourth-order valence-corrected chi connectivity index (χ4v) is 2.73. The van der Waals surface area contributed by atoms with Gasteiger partial charge in [0.05, 0.1) is 12.2 Å². The van der Waals surface area contributed by atoms with Crippen LogP contribution in [0.2, 0.25) is 0 Å². The van der Waals surface area contributed by atoms with E-state index in [-0.39, 0.29) is 5.91 Å². The fourth-order valence-electron chi connectivity index (χ4n) is 1.91. The molecule has 1 aromatic carbocycles. The van der Waals surface area contributed by atoms with E-state index in [0.717, 1.165) is 5.01 Å². The number of nitrogens with one attached hydrogen (secondary N) is 1. The van der Waals surface area contributed by atoms with Gasteiger partial charge in [0.2, 0.25) is 0 Å². The number of nitrogens with two attached hydrogens (primary N) is 1. The maximum Gasteiger partial charge on any atom is 0.251 e. The molecule has 3 N–H and O–H groups in total. The predicted molar refractivity (Wildman–Crippen MR) is 76.1 cm³/mol. The third-order valence-corrected chi connectivity index (χ3v) is 3.98. The van der Waals surface area contributed by atoms with Crippen molar-refractivity contribution in [3.63, 3.8) is 0 Å². The van der Waals surface area contributed by atoms with E-state index in [1.807, 2.05) is 0 Å². The Balaban J connectivity index is 1.60. The first-order chi connectivity index (χ1) is 9.22. The van der Waals surface area contributed by atoms with E-state index in [9.17, 15) is 4.79 Å². The molecule has 1 amide bonds. The third-order valence-electron chi connectivity index (χ3n) is 3.11. The van der Waals surface area contributed by atoms with Crippen LogP contribution in [0.4, 0.5) is 5.69 Å². The molecule has 19 heavy (non-hydrogen) atoms. The zero-order chi connectivity index (χ0) is 13.2. The fraction of sp³-hybridized carbons (Fsp3) is 0.286. The molecule has 0 bridgehead atoms. The summed E-state index contributed by atoms with van der Waals surface area (Å²) in [5, 5.41) is 5.92. The molecule has 2 aromatic rings. The van der Waals surface area contributed by atoms with Crippen molar-refractivity contribution < 1.29 is 4.79 Å². The van der Waals surface area contributed by atoms with Crippen molar-refractivity contribution in [2.75, 3.05) is 5.73 Å². The van der Waals surface area contributed by atoms with Crippen LogP contribution in [0.25, 0.3) is 0 Å². The summed E-state index contributed by atoms with van der Waals surface area (Å²) in [7, 11) is 0. The Morgan fingerprint density at radius 2 is 2.32 bits per heavy atom. The summed E-state index contributed by atoms with van der Waals surface area (Å²) >= 11 is 1.61. The topological polar surface area (TPSA) is 68.0 Å². The molecule has 1 aromatic heterocycles. The predicted octanol–water partition coefficient (Wildman–Crippen LogP) is 2.53. The second-order valence-electron chi connectivity index (χ2n) is 4.75. The molecule has 1 saturated carbocycles. The van der Waals surface area contributed by atoms with E-state index >= 15 is 0 Å². The largest absolute Gasteiger partial charge is 0.399 e. The number of nitrogen functional groups attached to an aromatic ring is 1. The number of aromatic nitrogens is 1. The standard InChI is InChI=1S/C14H15N3OS/c15-11-3-1-2-10(6-11)14(18)16-7-13-17-12(8-19-13)9-4-5-9/h1-3,6,8-9H,4-5,7,15H2,(H,16,18). The van der Waals surface area contributed by atoms with E-state index in [0.29, 0.717) is 23.7 Å². The molecule has 3 rings (SSSR count). The summed E-state index contributed by atoms with van der Waals surface area (Å²) in [6.07, 6.45) is 2.50. The first-order valence-corrected chi connectivity index (χ1v) is 7.18. The number of hydrogen-bond donors (Lipinski definition) is 2. The van der Waals surface area contributed by atoms with Crippen LogP contribution in [0.5, 0.6) is 0 Å². The van der Waals surface area contributed by atoms with Gasteiger partial charge in [-0.15, -0.1) is 11.3 Å². The van der Waals surface area contributed by atoms with Crippen molar-refractivity contribution >= 4 is 22.9 Å². The third kappa shape index (κ3) is 2.93. The second-order valence-corrected chi connectivity index (χ2v) is 5.69. The van der Waals surface area contributed by atoms with Gasteiger partial charge in [-0.05, 0) is 31.0 Å². The lowest BCUT2D eigenvalue weighted by atomic mass is 10.2. The molecule has 1 heterocycles. The van der Waals surface area contributed by atoms with E-state index in [1.54, 1.807) is 35.6 Å². The lowest BCUT2D eigenvalue weighted by molar-refractivity contribution is 0.0951. The minimum Gasteiger partial charge on any atom is -0.399 e. The molecular weight excluding hydrogens is 258 g/mol. The summed E-state index contributed by atoms with van der Waals surface area (Å²) in [4.78, 5) is 16.5. The first kappa shape index (κ1) is 12.2. The van der Waals surface area contributed by atoms with Gasteiger partial charge in [0.15, 0.2) is 0 Å². The van der Waals surface area contributed by atoms with Crippen LogP contribution in [0.1, 0.15) is 39.8 Å². The highest BCUT2D eigenvalue weighted by molar-refractivity contribution is 7.09. The number of carbonyl (C=O) groups is 1. The molecule has 0 unspecified atom stereocenters. The number of anilines is 1. The van der Waals surface area contributed by atoms with Crippen LogP contribution < -0.4 is 11.1 Å². The van der Waals surface area contributed by atoms with Gasteiger partial charge in [-0.25, -0.2) is 4.98 Å². The van der Waals surface area contributed by atoms with E-state index in [4.69, 9.17) is 5.73 Å². The molecule has 0 saturated heterocycles. The smallest absolute Gasteiger partial charge is 0.251 e. The number of hydrogen-bond acceptors (Lipinski definition) is 4.